The van der Waals surface area contributed by atoms with Gasteiger partial charge in [-0.1, -0.05) is 23.5 Å². The molecule has 0 N–H and O–H groups in total. The van der Waals surface area contributed by atoms with Crippen molar-refractivity contribution in [3.63, 3.8) is 0 Å². The molecule has 2 aromatic heterocycles. The summed E-state index contributed by atoms with van der Waals surface area (Å²) in [7, 11) is 0. The van der Waals surface area contributed by atoms with Gasteiger partial charge in [0.2, 0.25) is 17.7 Å². The minimum atomic E-state index is -4.60. The van der Waals surface area contributed by atoms with E-state index in [9.17, 15) is 22.8 Å². The zero-order valence-corrected chi connectivity index (χ0v) is 17.1. The van der Waals surface area contributed by atoms with Crippen LogP contribution in [0.5, 0.6) is 11.6 Å². The second-order valence-corrected chi connectivity index (χ2v) is 9.10. The smallest absolute Gasteiger partial charge is 0.421 e. The van der Waals surface area contributed by atoms with Crippen molar-refractivity contribution in [2.24, 2.45) is 23.7 Å². The van der Waals surface area contributed by atoms with Crippen molar-refractivity contribution >= 4 is 38.5 Å². The number of hydrogen-bond donors (Lipinski definition) is 0. The number of halogens is 3. The molecule has 3 aromatic rings. The lowest BCUT2D eigenvalue weighted by molar-refractivity contribution is -0.139. The monoisotopic (exact) mass is 457 g/mol. The Hall–Kier alpha value is -3.27. The molecule has 6 nitrogen and oxygen atoms in total. The molecule has 162 valence electrons. The number of pyridine rings is 1. The summed E-state index contributed by atoms with van der Waals surface area (Å²) in [6.45, 7) is 0. The van der Waals surface area contributed by atoms with E-state index in [1.165, 1.54) is 29.3 Å². The number of fused-ring (bicyclic) bond motifs is 6. The Morgan fingerprint density at radius 3 is 2.47 bits per heavy atom. The van der Waals surface area contributed by atoms with Crippen molar-refractivity contribution in [2.75, 3.05) is 4.90 Å². The number of benzene rings is 1. The highest BCUT2D eigenvalue weighted by molar-refractivity contribution is 7.22. The van der Waals surface area contributed by atoms with Crippen LogP contribution in [0.25, 0.3) is 10.2 Å². The zero-order chi connectivity index (χ0) is 22.2. The van der Waals surface area contributed by atoms with Crippen LogP contribution in [0, 0.1) is 23.7 Å². The van der Waals surface area contributed by atoms with E-state index < -0.39 is 17.6 Å². The van der Waals surface area contributed by atoms with Crippen LogP contribution in [0.4, 0.5) is 18.3 Å². The van der Waals surface area contributed by atoms with Gasteiger partial charge in [-0.25, -0.2) is 14.9 Å². The molecule has 1 saturated heterocycles. The summed E-state index contributed by atoms with van der Waals surface area (Å²) in [6, 6.07) is 6.68. The number of carbonyl (C=O) groups is 2. The average Bonchev–Trinajstić information content (AvgIpc) is 3.50. The van der Waals surface area contributed by atoms with E-state index in [2.05, 4.69) is 9.97 Å². The second-order valence-electron chi connectivity index (χ2n) is 8.09. The van der Waals surface area contributed by atoms with Crippen LogP contribution in [0.15, 0.2) is 48.7 Å². The first kappa shape index (κ1) is 19.4. The Bertz CT molecular complexity index is 1290. The van der Waals surface area contributed by atoms with Crippen molar-refractivity contribution < 1.29 is 27.5 Å². The van der Waals surface area contributed by atoms with Crippen LogP contribution in [0.3, 0.4) is 0 Å². The first-order chi connectivity index (χ1) is 15.3. The summed E-state index contributed by atoms with van der Waals surface area (Å²) in [5.74, 6) is -1.31. The Kier molecular flexibility index (Phi) is 4.01. The van der Waals surface area contributed by atoms with Crippen molar-refractivity contribution in [3.05, 3.63) is 54.2 Å². The molecule has 10 heteroatoms. The lowest BCUT2D eigenvalue weighted by atomic mass is 9.85. The molecule has 0 unspecified atom stereocenters. The number of aromatic nitrogens is 2. The van der Waals surface area contributed by atoms with E-state index in [1.54, 1.807) is 6.07 Å². The highest BCUT2D eigenvalue weighted by Crippen LogP contribution is 2.53. The van der Waals surface area contributed by atoms with Crippen LogP contribution in [0.1, 0.15) is 12.0 Å². The molecule has 4 atom stereocenters. The number of hydrogen-bond acceptors (Lipinski definition) is 6. The van der Waals surface area contributed by atoms with Crippen LogP contribution in [0.2, 0.25) is 0 Å². The van der Waals surface area contributed by atoms with Crippen LogP contribution < -0.4 is 9.64 Å². The molecule has 1 aliphatic heterocycles. The molecule has 0 radical (unpaired) electrons. The Labute approximate surface area is 183 Å². The Morgan fingerprint density at radius 2 is 1.78 bits per heavy atom. The van der Waals surface area contributed by atoms with Gasteiger partial charge in [0, 0.05) is 12.3 Å². The van der Waals surface area contributed by atoms with E-state index in [-0.39, 0.29) is 46.4 Å². The quantitative estimate of drug-likeness (QED) is 0.417. The van der Waals surface area contributed by atoms with Gasteiger partial charge >= 0.3 is 6.18 Å². The number of anilines is 1. The summed E-state index contributed by atoms with van der Waals surface area (Å²) in [6.07, 6.45) is 1.50. The van der Waals surface area contributed by atoms with E-state index in [4.69, 9.17) is 4.74 Å². The van der Waals surface area contributed by atoms with Gasteiger partial charge in [0.1, 0.15) is 11.3 Å². The lowest BCUT2D eigenvalue weighted by Gasteiger charge is -2.14. The molecule has 1 saturated carbocycles. The van der Waals surface area contributed by atoms with E-state index in [0.717, 1.165) is 23.8 Å². The van der Waals surface area contributed by atoms with Gasteiger partial charge in [0.05, 0.1) is 22.1 Å². The topological polar surface area (TPSA) is 72.4 Å². The van der Waals surface area contributed by atoms with E-state index in [1.807, 2.05) is 12.2 Å². The zero-order valence-electron chi connectivity index (χ0n) is 16.2. The normalized spacial score (nSPS) is 26.4. The molecule has 6 rings (SSSR count). The number of rotatable bonds is 3. The second kappa shape index (κ2) is 6.61. The predicted molar refractivity (Wildman–Crippen MR) is 109 cm³/mol. The third-order valence-electron chi connectivity index (χ3n) is 6.30. The molecule has 2 bridgehead atoms. The van der Waals surface area contributed by atoms with Crippen LogP contribution in [-0.4, -0.2) is 21.8 Å². The number of imide groups is 1. The maximum Gasteiger partial charge on any atom is 0.421 e. The van der Waals surface area contributed by atoms with E-state index >= 15 is 0 Å². The molecule has 3 aliphatic rings. The molecule has 2 fully saturated rings. The number of ether oxygens (including phenoxy) is 1. The molecule has 32 heavy (non-hydrogen) atoms. The van der Waals surface area contributed by atoms with Gasteiger partial charge in [-0.2, -0.15) is 13.2 Å². The van der Waals surface area contributed by atoms with Crippen molar-refractivity contribution in [1.82, 2.24) is 9.97 Å². The number of carbonyl (C=O) groups excluding carboxylic acids is 2. The minimum Gasteiger partial charge on any atom is -0.438 e. The van der Waals surface area contributed by atoms with Crippen molar-refractivity contribution in [2.45, 2.75) is 12.6 Å². The summed E-state index contributed by atoms with van der Waals surface area (Å²) in [5.41, 5.74) is -0.457. The molecule has 3 heterocycles. The number of alkyl halides is 3. The molecule has 2 amide bonds. The molecule has 0 spiro atoms. The SMILES string of the molecule is O=C1[C@@H]2[C@H](C(=O)N1c1nc3ccc(Oc4ncccc4C(F)(F)F)cc3s1)[C@@H]1C=C[C@H]2C1. The molecular formula is C22H14F3N3O3S. The number of nitrogens with zero attached hydrogens (tertiary/aromatic N) is 3. The lowest BCUT2D eigenvalue weighted by Crippen LogP contribution is -2.32. The maximum atomic E-state index is 13.2. The number of allylic oxidation sites excluding steroid dienone is 2. The standard InChI is InChI=1S/C22H14F3N3O3S/c23-22(24,25)13-2-1-7-26-18(13)31-12-5-6-14-15(9-12)32-21(27-14)28-19(29)16-10-3-4-11(8-10)17(16)20(28)30/h1-7,9-11,16-17H,8H2/t10-,11+,16-,17+. The predicted octanol–water partition coefficient (Wildman–Crippen LogP) is 4.81. The van der Waals surface area contributed by atoms with Gasteiger partial charge < -0.3 is 4.74 Å². The summed E-state index contributed by atoms with van der Waals surface area (Å²) >= 11 is 1.13. The highest BCUT2D eigenvalue weighted by atomic mass is 32.1. The van der Waals surface area contributed by atoms with Gasteiger partial charge in [-0.15, -0.1) is 0 Å². The number of thiazole rings is 1. The molecule has 1 aromatic carbocycles. The highest BCUT2D eigenvalue weighted by Gasteiger charge is 2.60. The van der Waals surface area contributed by atoms with Gasteiger partial charge in [0.25, 0.3) is 0 Å². The maximum absolute atomic E-state index is 13.2. The number of amides is 2. The van der Waals surface area contributed by atoms with E-state index in [0.29, 0.717) is 10.2 Å². The largest absolute Gasteiger partial charge is 0.438 e. The Balaban J connectivity index is 1.32. The third kappa shape index (κ3) is 2.78. The summed E-state index contributed by atoms with van der Waals surface area (Å²) < 4.78 is 45.6. The fourth-order valence-electron chi connectivity index (χ4n) is 4.94. The van der Waals surface area contributed by atoms with Crippen molar-refractivity contribution in [3.8, 4) is 11.6 Å². The van der Waals surface area contributed by atoms with Crippen LogP contribution >= 0.6 is 11.3 Å². The van der Waals surface area contributed by atoms with Gasteiger partial charge in [-0.3, -0.25) is 9.59 Å². The summed E-state index contributed by atoms with van der Waals surface area (Å²) in [4.78, 5) is 35.3. The van der Waals surface area contributed by atoms with Crippen molar-refractivity contribution in [1.29, 1.82) is 0 Å². The first-order valence-electron chi connectivity index (χ1n) is 9.98. The Morgan fingerprint density at radius 1 is 1.06 bits per heavy atom. The van der Waals surface area contributed by atoms with Crippen LogP contribution in [-0.2, 0) is 15.8 Å². The average molecular weight is 457 g/mol. The fraction of sp³-hybridized carbons (Fsp3) is 0.273. The molecule has 2 aliphatic carbocycles. The third-order valence-corrected chi connectivity index (χ3v) is 7.30. The summed E-state index contributed by atoms with van der Waals surface area (Å²) in [5, 5.41) is 0.273. The van der Waals surface area contributed by atoms with Gasteiger partial charge in [0.15, 0.2) is 5.13 Å². The first-order valence-corrected chi connectivity index (χ1v) is 10.8. The molecular weight excluding hydrogens is 443 g/mol. The fourth-order valence-corrected chi connectivity index (χ4v) is 5.95. The minimum absolute atomic E-state index is 0.0991. The van der Waals surface area contributed by atoms with Gasteiger partial charge in [-0.05, 0) is 42.5 Å².